The number of nitrogens with zero attached hydrogens (tertiary/aromatic N) is 1. The van der Waals surface area contributed by atoms with Gasteiger partial charge < -0.3 is 9.64 Å². The van der Waals surface area contributed by atoms with Crippen LogP contribution < -0.4 is 4.74 Å². The number of amides is 1. The molecule has 0 bridgehead atoms. The van der Waals surface area contributed by atoms with Crippen molar-refractivity contribution in [1.82, 2.24) is 4.90 Å². The molecule has 3 rings (SSSR count). The zero-order chi connectivity index (χ0) is 20.1. The molecule has 1 aliphatic heterocycles. The number of carbonyl (C=O) groups excluding carboxylic acids is 1. The molecular weight excluding hydrogens is 346 g/mol. The minimum Gasteiger partial charge on any atom is -0.481 e. The molecule has 1 aliphatic rings. The molecule has 1 saturated heterocycles. The van der Waals surface area contributed by atoms with Crippen molar-refractivity contribution < 1.29 is 9.53 Å². The number of benzene rings is 2. The maximum absolute atomic E-state index is 12.8. The number of hydrogen-bond acceptors (Lipinski definition) is 2. The number of hydrogen-bond donors (Lipinski definition) is 0. The Bertz CT molecular complexity index is 753. The molecule has 0 spiro atoms. The van der Waals surface area contributed by atoms with Crippen molar-refractivity contribution >= 4 is 5.91 Å². The van der Waals surface area contributed by atoms with Crippen molar-refractivity contribution in [3.05, 3.63) is 65.7 Å². The third kappa shape index (κ3) is 5.37. The van der Waals surface area contributed by atoms with Gasteiger partial charge >= 0.3 is 0 Å². The second-order valence-electron chi connectivity index (χ2n) is 8.99. The Hall–Kier alpha value is -2.29. The van der Waals surface area contributed by atoms with Crippen LogP contribution in [0.1, 0.15) is 51.7 Å². The summed E-state index contributed by atoms with van der Waals surface area (Å²) in [5.41, 5.74) is 2.77. The highest BCUT2D eigenvalue weighted by atomic mass is 16.5. The van der Waals surface area contributed by atoms with Gasteiger partial charge in [-0.3, -0.25) is 4.79 Å². The van der Waals surface area contributed by atoms with Gasteiger partial charge in [0.15, 0.2) is 6.10 Å². The van der Waals surface area contributed by atoms with Crippen molar-refractivity contribution in [3.8, 4) is 5.75 Å². The van der Waals surface area contributed by atoms with E-state index in [1.807, 2.05) is 24.0 Å². The van der Waals surface area contributed by atoms with Crippen molar-refractivity contribution in [1.29, 1.82) is 0 Å². The van der Waals surface area contributed by atoms with Gasteiger partial charge in [0.05, 0.1) is 0 Å². The standard InChI is InChI=1S/C25H33NO2/c1-19(28-23-12-10-22(11-13-23)25(2,3)4)24(27)26-16-14-21(15-17-26)18-20-8-6-5-7-9-20/h5-13,19,21H,14-18H2,1-4H3/t19-/m0/s1. The predicted octanol–water partition coefficient (Wildman–Crippen LogP) is 5.23. The summed E-state index contributed by atoms with van der Waals surface area (Å²) >= 11 is 0. The number of piperidine rings is 1. The molecule has 0 unspecified atom stereocenters. The zero-order valence-electron chi connectivity index (χ0n) is 17.7. The average molecular weight is 380 g/mol. The summed E-state index contributed by atoms with van der Waals surface area (Å²) in [7, 11) is 0. The van der Waals surface area contributed by atoms with Crippen LogP contribution in [0.5, 0.6) is 5.75 Å². The summed E-state index contributed by atoms with van der Waals surface area (Å²) in [5, 5.41) is 0. The van der Waals surface area contributed by atoms with E-state index in [0.29, 0.717) is 5.92 Å². The van der Waals surface area contributed by atoms with E-state index in [9.17, 15) is 4.79 Å². The van der Waals surface area contributed by atoms with E-state index in [1.165, 1.54) is 11.1 Å². The third-order valence-corrected chi connectivity index (χ3v) is 5.67. The summed E-state index contributed by atoms with van der Waals surface area (Å²) in [6.45, 7) is 10.1. The summed E-state index contributed by atoms with van der Waals surface area (Å²) in [6.07, 6.45) is 2.78. The van der Waals surface area contributed by atoms with E-state index < -0.39 is 6.10 Å². The first kappa shape index (κ1) is 20.4. The fourth-order valence-electron chi connectivity index (χ4n) is 3.85. The van der Waals surface area contributed by atoms with Crippen LogP contribution in [0.2, 0.25) is 0 Å². The van der Waals surface area contributed by atoms with Crippen molar-refractivity contribution in [3.63, 3.8) is 0 Å². The summed E-state index contributed by atoms with van der Waals surface area (Å²) in [6, 6.07) is 18.7. The third-order valence-electron chi connectivity index (χ3n) is 5.67. The van der Waals surface area contributed by atoms with E-state index in [0.717, 1.165) is 38.1 Å². The molecule has 3 heteroatoms. The van der Waals surface area contributed by atoms with Crippen molar-refractivity contribution in [2.75, 3.05) is 13.1 Å². The summed E-state index contributed by atoms with van der Waals surface area (Å²) in [5.74, 6) is 1.51. The van der Waals surface area contributed by atoms with Gasteiger partial charge in [-0.05, 0) is 60.8 Å². The molecule has 150 valence electrons. The highest BCUT2D eigenvalue weighted by Crippen LogP contribution is 2.26. The molecule has 1 amide bonds. The molecule has 0 radical (unpaired) electrons. The molecule has 3 nitrogen and oxygen atoms in total. The lowest BCUT2D eigenvalue weighted by Gasteiger charge is -2.33. The Balaban J connectivity index is 1.49. The molecule has 28 heavy (non-hydrogen) atoms. The number of carbonyl (C=O) groups is 1. The molecular formula is C25H33NO2. The van der Waals surface area contributed by atoms with Crippen LogP contribution >= 0.6 is 0 Å². The van der Waals surface area contributed by atoms with Crippen LogP contribution in [0.25, 0.3) is 0 Å². The minimum absolute atomic E-state index is 0.0954. The van der Waals surface area contributed by atoms with Crippen LogP contribution in [0, 0.1) is 5.92 Å². The molecule has 0 aliphatic carbocycles. The predicted molar refractivity (Wildman–Crippen MR) is 115 cm³/mol. The molecule has 1 heterocycles. The lowest BCUT2D eigenvalue weighted by atomic mass is 9.87. The van der Waals surface area contributed by atoms with Crippen molar-refractivity contribution in [2.45, 2.75) is 58.5 Å². The van der Waals surface area contributed by atoms with Gasteiger partial charge in [-0.1, -0.05) is 63.2 Å². The van der Waals surface area contributed by atoms with E-state index in [4.69, 9.17) is 4.74 Å². The van der Waals surface area contributed by atoms with Gasteiger partial charge in [0.2, 0.25) is 0 Å². The van der Waals surface area contributed by atoms with Crippen LogP contribution in [-0.4, -0.2) is 30.0 Å². The fourth-order valence-corrected chi connectivity index (χ4v) is 3.85. The Morgan fingerprint density at radius 1 is 1.04 bits per heavy atom. The number of ether oxygens (including phenoxy) is 1. The SMILES string of the molecule is C[C@H](Oc1ccc(C(C)(C)C)cc1)C(=O)N1CCC(Cc2ccccc2)CC1. The van der Waals surface area contributed by atoms with Gasteiger partial charge in [0.25, 0.3) is 5.91 Å². The normalized spacial score (nSPS) is 16.6. The molecule has 2 aromatic rings. The minimum atomic E-state index is -0.453. The van der Waals surface area contributed by atoms with E-state index >= 15 is 0 Å². The monoisotopic (exact) mass is 379 g/mol. The lowest BCUT2D eigenvalue weighted by Crippen LogP contribution is -2.45. The fraction of sp³-hybridized carbons (Fsp3) is 0.480. The van der Waals surface area contributed by atoms with Crippen LogP contribution in [-0.2, 0) is 16.6 Å². The maximum atomic E-state index is 12.8. The van der Waals surface area contributed by atoms with Crippen LogP contribution in [0.3, 0.4) is 0 Å². The summed E-state index contributed by atoms with van der Waals surface area (Å²) in [4.78, 5) is 14.8. The van der Waals surface area contributed by atoms with Crippen LogP contribution in [0.4, 0.5) is 0 Å². The zero-order valence-corrected chi connectivity index (χ0v) is 17.7. The van der Waals surface area contributed by atoms with Gasteiger partial charge in [-0.2, -0.15) is 0 Å². The van der Waals surface area contributed by atoms with Crippen molar-refractivity contribution in [2.24, 2.45) is 5.92 Å². The Kier molecular flexibility index (Phi) is 6.43. The second-order valence-corrected chi connectivity index (χ2v) is 8.99. The first-order chi connectivity index (χ1) is 13.3. The van der Waals surface area contributed by atoms with Crippen LogP contribution in [0.15, 0.2) is 54.6 Å². The van der Waals surface area contributed by atoms with Gasteiger partial charge in [-0.15, -0.1) is 0 Å². The first-order valence-electron chi connectivity index (χ1n) is 10.4. The molecule has 0 N–H and O–H groups in total. The highest BCUT2D eigenvalue weighted by molar-refractivity contribution is 5.81. The largest absolute Gasteiger partial charge is 0.481 e. The second kappa shape index (κ2) is 8.81. The Morgan fingerprint density at radius 2 is 1.64 bits per heavy atom. The molecule has 1 atom stereocenters. The molecule has 1 fully saturated rings. The van der Waals surface area contributed by atoms with Gasteiger partial charge in [0.1, 0.15) is 5.75 Å². The molecule has 0 saturated carbocycles. The average Bonchev–Trinajstić information content (AvgIpc) is 2.68. The summed E-state index contributed by atoms with van der Waals surface area (Å²) < 4.78 is 5.93. The quantitative estimate of drug-likeness (QED) is 0.712. The molecule has 2 aromatic carbocycles. The smallest absolute Gasteiger partial charge is 0.263 e. The highest BCUT2D eigenvalue weighted by Gasteiger charge is 2.27. The number of likely N-dealkylation sites (tertiary alicyclic amines) is 1. The lowest BCUT2D eigenvalue weighted by molar-refractivity contribution is -0.139. The van der Waals surface area contributed by atoms with Gasteiger partial charge in [0, 0.05) is 13.1 Å². The topological polar surface area (TPSA) is 29.5 Å². The van der Waals surface area contributed by atoms with E-state index in [1.54, 1.807) is 0 Å². The van der Waals surface area contributed by atoms with E-state index in [-0.39, 0.29) is 11.3 Å². The first-order valence-corrected chi connectivity index (χ1v) is 10.4. The Morgan fingerprint density at radius 3 is 2.21 bits per heavy atom. The van der Waals surface area contributed by atoms with E-state index in [2.05, 4.69) is 63.2 Å². The number of rotatable bonds is 5. The van der Waals surface area contributed by atoms with Gasteiger partial charge in [-0.25, -0.2) is 0 Å². The Labute approximate surface area is 169 Å². The molecule has 0 aromatic heterocycles. The maximum Gasteiger partial charge on any atom is 0.263 e.